The van der Waals surface area contributed by atoms with Crippen LogP contribution in [0.5, 0.6) is 11.5 Å². The van der Waals surface area contributed by atoms with E-state index >= 15 is 0 Å². The number of benzene rings is 2. The third kappa shape index (κ3) is 5.13. The number of aromatic nitrogens is 3. The van der Waals surface area contributed by atoms with Crippen LogP contribution in [-0.4, -0.2) is 34.8 Å². The first-order chi connectivity index (χ1) is 13.7. The zero-order valence-electron chi connectivity index (χ0n) is 16.3. The Bertz CT molecular complexity index is 925. The van der Waals surface area contributed by atoms with E-state index in [9.17, 15) is 0 Å². The van der Waals surface area contributed by atoms with Gasteiger partial charge >= 0.3 is 0 Å². The molecule has 0 aliphatic rings. The highest BCUT2D eigenvalue weighted by Crippen LogP contribution is 2.28. The maximum Gasteiger partial charge on any atom is 0.212 e. The Morgan fingerprint density at radius 3 is 2.68 bits per heavy atom. The third-order valence-corrected chi connectivity index (χ3v) is 4.94. The van der Waals surface area contributed by atoms with E-state index in [0.29, 0.717) is 12.4 Å². The Morgan fingerprint density at radius 2 is 1.93 bits per heavy atom. The molecule has 0 unspecified atom stereocenters. The highest BCUT2D eigenvalue weighted by molar-refractivity contribution is 7.98. The minimum Gasteiger partial charge on any atom is -0.493 e. The Hall–Kier alpha value is -2.80. The van der Waals surface area contributed by atoms with Gasteiger partial charge in [-0.1, -0.05) is 49.0 Å². The summed E-state index contributed by atoms with van der Waals surface area (Å²) in [7, 11) is 1.64. The molecule has 0 saturated heterocycles. The maximum absolute atomic E-state index is 5.70. The Morgan fingerprint density at radius 1 is 1.11 bits per heavy atom. The van der Waals surface area contributed by atoms with Gasteiger partial charge in [0.15, 0.2) is 17.3 Å². The minimum atomic E-state index is 0.658. The first kappa shape index (κ1) is 19.9. The predicted octanol–water partition coefficient (Wildman–Crippen LogP) is 4.56. The average Bonchev–Trinajstić information content (AvgIpc) is 3.09. The number of ether oxygens (including phenoxy) is 2. The van der Waals surface area contributed by atoms with Crippen molar-refractivity contribution in [1.29, 1.82) is 0 Å². The molecule has 0 bridgehead atoms. The molecule has 0 spiro atoms. The largest absolute Gasteiger partial charge is 0.493 e. The number of hydrogen-bond donors (Lipinski definition) is 0. The molecule has 0 N–H and O–H groups in total. The Kier molecular flexibility index (Phi) is 7.08. The SMILES string of the molecule is CCCOc1ccc(/C=N/n2c(C)nnc2SCc2ccccc2)cc1OC. The summed E-state index contributed by atoms with van der Waals surface area (Å²) < 4.78 is 12.9. The number of aryl methyl sites for hydroxylation is 1. The molecule has 3 aromatic rings. The van der Waals surface area contributed by atoms with Gasteiger partial charge in [0.1, 0.15) is 0 Å². The van der Waals surface area contributed by atoms with Crippen LogP contribution in [0.1, 0.15) is 30.3 Å². The van der Waals surface area contributed by atoms with Crippen LogP contribution in [0.4, 0.5) is 0 Å². The van der Waals surface area contributed by atoms with Crippen LogP contribution < -0.4 is 9.47 Å². The summed E-state index contributed by atoms with van der Waals surface area (Å²) >= 11 is 1.61. The van der Waals surface area contributed by atoms with Gasteiger partial charge in [0, 0.05) is 5.75 Å². The standard InChI is InChI=1S/C21H24N4O2S/c1-4-12-27-19-11-10-18(13-20(19)26-3)14-22-25-16(2)23-24-21(25)28-15-17-8-6-5-7-9-17/h5-11,13-14H,4,12,15H2,1-3H3/b22-14+. The number of rotatable bonds is 9. The number of hydrogen-bond acceptors (Lipinski definition) is 6. The average molecular weight is 397 g/mol. The van der Waals surface area contributed by atoms with E-state index in [1.807, 2.05) is 43.3 Å². The van der Waals surface area contributed by atoms with E-state index in [-0.39, 0.29) is 0 Å². The molecule has 0 atom stereocenters. The van der Waals surface area contributed by atoms with E-state index in [2.05, 4.69) is 34.4 Å². The van der Waals surface area contributed by atoms with Crippen molar-refractivity contribution in [3.63, 3.8) is 0 Å². The van der Waals surface area contributed by atoms with Crippen molar-refractivity contribution in [2.24, 2.45) is 5.10 Å². The fraction of sp³-hybridized carbons (Fsp3) is 0.286. The summed E-state index contributed by atoms with van der Waals surface area (Å²) in [6, 6.07) is 16.0. The molecule has 2 aromatic carbocycles. The number of nitrogens with zero attached hydrogens (tertiary/aromatic N) is 4. The van der Waals surface area contributed by atoms with Crippen LogP contribution in [-0.2, 0) is 5.75 Å². The summed E-state index contributed by atoms with van der Waals surface area (Å²) in [5.74, 6) is 2.98. The van der Waals surface area contributed by atoms with E-state index < -0.39 is 0 Å². The summed E-state index contributed by atoms with van der Waals surface area (Å²) in [5.41, 5.74) is 2.14. The highest BCUT2D eigenvalue weighted by atomic mass is 32.2. The molecule has 0 aliphatic carbocycles. The first-order valence-electron chi connectivity index (χ1n) is 9.15. The summed E-state index contributed by atoms with van der Waals surface area (Å²) in [6.45, 7) is 4.62. The van der Waals surface area contributed by atoms with Crippen molar-refractivity contribution in [3.8, 4) is 11.5 Å². The zero-order valence-corrected chi connectivity index (χ0v) is 17.1. The molecule has 146 valence electrons. The smallest absolute Gasteiger partial charge is 0.212 e. The highest BCUT2D eigenvalue weighted by Gasteiger charge is 2.09. The van der Waals surface area contributed by atoms with Crippen LogP contribution in [0, 0.1) is 6.92 Å². The molecule has 0 radical (unpaired) electrons. The fourth-order valence-electron chi connectivity index (χ4n) is 2.50. The van der Waals surface area contributed by atoms with Crippen LogP contribution in [0.15, 0.2) is 58.8 Å². The lowest BCUT2D eigenvalue weighted by atomic mass is 10.2. The van der Waals surface area contributed by atoms with Gasteiger partial charge in [-0.25, -0.2) is 0 Å². The first-order valence-corrected chi connectivity index (χ1v) is 10.1. The normalized spacial score (nSPS) is 11.1. The lowest BCUT2D eigenvalue weighted by molar-refractivity contribution is 0.294. The number of thioether (sulfide) groups is 1. The molecule has 3 rings (SSSR count). The van der Waals surface area contributed by atoms with E-state index in [1.54, 1.807) is 29.8 Å². The second-order valence-electron chi connectivity index (χ2n) is 6.12. The van der Waals surface area contributed by atoms with Gasteiger partial charge < -0.3 is 9.47 Å². The summed E-state index contributed by atoms with van der Waals surface area (Å²) in [5, 5.41) is 13.7. The molecule has 6 nitrogen and oxygen atoms in total. The van der Waals surface area contributed by atoms with E-state index in [0.717, 1.165) is 34.5 Å². The monoisotopic (exact) mass is 396 g/mol. The molecular weight excluding hydrogens is 372 g/mol. The second-order valence-corrected chi connectivity index (χ2v) is 7.06. The molecular formula is C21H24N4O2S. The third-order valence-electron chi connectivity index (χ3n) is 3.95. The molecule has 7 heteroatoms. The Labute approximate surface area is 169 Å². The summed E-state index contributed by atoms with van der Waals surface area (Å²) in [4.78, 5) is 0. The van der Waals surface area contributed by atoms with Gasteiger partial charge in [-0.3, -0.25) is 0 Å². The molecule has 0 fully saturated rings. The van der Waals surface area contributed by atoms with Gasteiger partial charge in [0.25, 0.3) is 0 Å². The zero-order chi connectivity index (χ0) is 19.8. The van der Waals surface area contributed by atoms with Crippen LogP contribution in [0.3, 0.4) is 0 Å². The quantitative estimate of drug-likeness (QED) is 0.392. The van der Waals surface area contributed by atoms with Crippen LogP contribution in [0.25, 0.3) is 0 Å². The van der Waals surface area contributed by atoms with Crippen LogP contribution >= 0.6 is 11.8 Å². The maximum atomic E-state index is 5.70. The predicted molar refractivity (Wildman–Crippen MR) is 113 cm³/mol. The topological polar surface area (TPSA) is 61.5 Å². The lowest BCUT2D eigenvalue weighted by Gasteiger charge is -2.10. The van der Waals surface area contributed by atoms with Crippen molar-refractivity contribution < 1.29 is 9.47 Å². The van der Waals surface area contributed by atoms with Gasteiger partial charge in [-0.05, 0) is 42.7 Å². The molecule has 28 heavy (non-hydrogen) atoms. The molecule has 0 aliphatic heterocycles. The van der Waals surface area contributed by atoms with Gasteiger partial charge in [-0.2, -0.15) is 9.78 Å². The Balaban J connectivity index is 1.74. The van der Waals surface area contributed by atoms with Gasteiger partial charge in [0.05, 0.1) is 19.9 Å². The van der Waals surface area contributed by atoms with Crippen molar-refractivity contribution in [2.75, 3.05) is 13.7 Å². The van der Waals surface area contributed by atoms with Gasteiger partial charge in [-0.15, -0.1) is 10.2 Å². The van der Waals surface area contributed by atoms with Crippen molar-refractivity contribution >= 4 is 18.0 Å². The van der Waals surface area contributed by atoms with E-state index in [1.165, 1.54) is 5.56 Å². The second kappa shape index (κ2) is 9.94. The fourth-order valence-corrected chi connectivity index (χ4v) is 3.39. The minimum absolute atomic E-state index is 0.658. The molecule has 0 saturated carbocycles. The van der Waals surface area contributed by atoms with Crippen molar-refractivity contribution in [3.05, 3.63) is 65.5 Å². The van der Waals surface area contributed by atoms with E-state index in [4.69, 9.17) is 9.47 Å². The number of methoxy groups -OCH3 is 1. The summed E-state index contributed by atoms with van der Waals surface area (Å²) in [6.07, 6.45) is 2.72. The van der Waals surface area contributed by atoms with Crippen molar-refractivity contribution in [2.45, 2.75) is 31.2 Å². The molecule has 1 aromatic heterocycles. The molecule has 0 amide bonds. The van der Waals surface area contributed by atoms with Crippen molar-refractivity contribution in [1.82, 2.24) is 14.9 Å². The molecule has 1 heterocycles. The van der Waals surface area contributed by atoms with Crippen LogP contribution in [0.2, 0.25) is 0 Å². The van der Waals surface area contributed by atoms with Gasteiger partial charge in [0.2, 0.25) is 5.16 Å². The lowest BCUT2D eigenvalue weighted by Crippen LogP contribution is -1.99.